The Hall–Kier alpha value is -1.69. The van der Waals surface area contributed by atoms with Crippen LogP contribution in [0.4, 0.5) is 11.4 Å². The maximum absolute atomic E-state index is 10.8. The second kappa shape index (κ2) is 5.97. The number of para-hydroxylation sites is 2. The molecule has 0 heterocycles. The highest BCUT2D eigenvalue weighted by atomic mass is 31.2. The van der Waals surface area contributed by atoms with Crippen LogP contribution in [-0.4, -0.2) is 9.79 Å². The van der Waals surface area contributed by atoms with E-state index in [2.05, 4.69) is 10.2 Å². The normalized spacial score (nSPS) is 11.3. The molecule has 0 aliphatic rings. The Balaban J connectivity index is 2.27. The van der Waals surface area contributed by atoms with E-state index in [0.29, 0.717) is 11.4 Å². The Morgan fingerprint density at radius 2 is 1.32 bits per heavy atom. The number of hydrogen-bond donors (Lipinski definition) is 3. The Bertz CT molecular complexity index is 519. The number of anilines is 2. The molecule has 19 heavy (non-hydrogen) atoms. The number of rotatable bonds is 5. The molecule has 0 spiro atoms. The van der Waals surface area contributed by atoms with Crippen LogP contribution >= 0.6 is 7.82 Å². The number of hydrogen-bond acceptors (Lipinski definition) is 4. The van der Waals surface area contributed by atoms with Crippen LogP contribution < -0.4 is 10.6 Å². The van der Waals surface area contributed by atoms with E-state index >= 15 is 0 Å². The van der Waals surface area contributed by atoms with E-state index < -0.39 is 7.82 Å². The van der Waals surface area contributed by atoms with Crippen LogP contribution in [-0.2, 0) is 9.19 Å². The molecule has 0 aliphatic heterocycles. The molecule has 2 aromatic rings. The zero-order valence-electron chi connectivity index (χ0n) is 9.88. The first-order chi connectivity index (χ1) is 9.06. The molecule has 0 unspecified atom stereocenters. The van der Waals surface area contributed by atoms with Crippen LogP contribution in [0.2, 0.25) is 0 Å². The monoisotopic (exact) mass is 280 g/mol. The highest BCUT2D eigenvalue weighted by molar-refractivity contribution is 7.46. The summed E-state index contributed by atoms with van der Waals surface area (Å²) < 4.78 is 15.1. The fourth-order valence-electron chi connectivity index (χ4n) is 1.50. The summed E-state index contributed by atoms with van der Waals surface area (Å²) in [6.45, 7) is 0. The van der Waals surface area contributed by atoms with E-state index in [0.717, 1.165) is 0 Å². The van der Waals surface area contributed by atoms with Gasteiger partial charge in [0, 0.05) is 0 Å². The van der Waals surface area contributed by atoms with Gasteiger partial charge in [-0.1, -0.05) is 42.0 Å². The van der Waals surface area contributed by atoms with Crippen molar-refractivity contribution in [2.75, 3.05) is 5.01 Å². The standard InChI is InChI=1S/C12H13N2O4P/c15-19(16,17)18-13-14(11-7-3-1-4-8-11)12-9-5-2-6-10-12/h1-10,13H,(H2,15,16,17). The van der Waals surface area contributed by atoms with Gasteiger partial charge >= 0.3 is 7.82 Å². The van der Waals surface area contributed by atoms with Gasteiger partial charge in [0.25, 0.3) is 0 Å². The molecule has 0 radical (unpaired) electrons. The molecular formula is C12H13N2O4P. The predicted octanol–water partition coefficient (Wildman–Crippen LogP) is 2.35. The van der Waals surface area contributed by atoms with Gasteiger partial charge in [0.15, 0.2) is 0 Å². The number of nitrogens with zero attached hydrogens (tertiary/aromatic N) is 1. The quantitative estimate of drug-likeness (QED) is 0.576. The zero-order chi connectivity index (χ0) is 13.7. The molecule has 0 amide bonds. The molecule has 6 nitrogen and oxygen atoms in total. The number of benzene rings is 2. The van der Waals surface area contributed by atoms with E-state index in [1.54, 1.807) is 24.3 Å². The minimum absolute atomic E-state index is 0.683. The minimum atomic E-state index is -4.61. The summed E-state index contributed by atoms with van der Waals surface area (Å²) in [5.74, 6) is 0. The molecule has 2 aromatic carbocycles. The Morgan fingerprint density at radius 3 is 1.68 bits per heavy atom. The van der Waals surface area contributed by atoms with Gasteiger partial charge in [-0.2, -0.15) is 4.62 Å². The maximum Gasteiger partial charge on any atom is 0.487 e. The topological polar surface area (TPSA) is 82.0 Å². The molecule has 100 valence electrons. The molecular weight excluding hydrogens is 267 g/mol. The van der Waals surface area contributed by atoms with Gasteiger partial charge in [-0.3, -0.25) is 5.01 Å². The smallest absolute Gasteiger partial charge is 0.302 e. The highest BCUT2D eigenvalue weighted by Gasteiger charge is 2.17. The van der Waals surface area contributed by atoms with Crippen molar-refractivity contribution in [1.82, 2.24) is 5.59 Å². The fourth-order valence-corrected chi connectivity index (χ4v) is 1.69. The lowest BCUT2D eigenvalue weighted by atomic mass is 10.2. The summed E-state index contributed by atoms with van der Waals surface area (Å²) in [4.78, 5) is 17.5. The molecule has 2 rings (SSSR count). The van der Waals surface area contributed by atoms with Gasteiger partial charge in [-0.15, -0.1) is 0 Å². The molecule has 0 atom stereocenters. The molecule has 7 heteroatoms. The second-order valence-electron chi connectivity index (χ2n) is 3.68. The van der Waals surface area contributed by atoms with Crippen LogP contribution in [0, 0.1) is 0 Å². The predicted molar refractivity (Wildman–Crippen MR) is 71.3 cm³/mol. The maximum atomic E-state index is 10.8. The molecule has 3 N–H and O–H groups in total. The second-order valence-corrected chi connectivity index (χ2v) is 4.84. The van der Waals surface area contributed by atoms with Crippen LogP contribution in [0.3, 0.4) is 0 Å². The summed E-state index contributed by atoms with van der Waals surface area (Å²) in [5, 5.41) is 1.43. The average molecular weight is 280 g/mol. The van der Waals surface area contributed by atoms with Crippen molar-refractivity contribution in [2.24, 2.45) is 0 Å². The van der Waals surface area contributed by atoms with Gasteiger partial charge in [0.05, 0.1) is 11.4 Å². The zero-order valence-corrected chi connectivity index (χ0v) is 10.8. The van der Waals surface area contributed by atoms with E-state index in [1.807, 2.05) is 36.4 Å². The summed E-state index contributed by atoms with van der Waals surface area (Å²) in [5.41, 5.74) is 3.63. The van der Waals surface area contributed by atoms with Crippen LogP contribution in [0.1, 0.15) is 0 Å². The third-order valence-electron chi connectivity index (χ3n) is 2.28. The number of phosphoric acid groups is 1. The lowest BCUT2D eigenvalue weighted by Crippen LogP contribution is -2.32. The van der Waals surface area contributed by atoms with Crippen molar-refractivity contribution in [3.8, 4) is 0 Å². The molecule has 0 bridgehead atoms. The number of nitrogens with one attached hydrogen (secondary N) is 1. The minimum Gasteiger partial charge on any atom is -0.302 e. The molecule has 0 fully saturated rings. The fraction of sp³-hybridized carbons (Fsp3) is 0. The largest absolute Gasteiger partial charge is 0.487 e. The summed E-state index contributed by atoms with van der Waals surface area (Å²) in [7, 11) is -4.61. The summed E-state index contributed by atoms with van der Waals surface area (Å²) in [6.07, 6.45) is 0. The van der Waals surface area contributed by atoms with Crippen molar-refractivity contribution in [3.63, 3.8) is 0 Å². The van der Waals surface area contributed by atoms with Crippen molar-refractivity contribution in [1.29, 1.82) is 0 Å². The van der Waals surface area contributed by atoms with E-state index in [1.165, 1.54) is 5.01 Å². The first-order valence-corrected chi connectivity index (χ1v) is 6.99. The van der Waals surface area contributed by atoms with Crippen molar-refractivity contribution in [3.05, 3.63) is 60.7 Å². The van der Waals surface area contributed by atoms with Gasteiger partial charge in [-0.05, 0) is 24.3 Å². The lowest BCUT2D eigenvalue weighted by Gasteiger charge is -2.24. The molecule has 0 saturated heterocycles. The van der Waals surface area contributed by atoms with Crippen molar-refractivity contribution >= 4 is 19.2 Å². The number of hydrazine groups is 1. The van der Waals surface area contributed by atoms with Crippen LogP contribution in [0.25, 0.3) is 0 Å². The molecule has 0 aliphatic carbocycles. The van der Waals surface area contributed by atoms with Crippen molar-refractivity contribution < 1.29 is 19.0 Å². The van der Waals surface area contributed by atoms with Crippen molar-refractivity contribution in [2.45, 2.75) is 0 Å². The SMILES string of the molecule is O=P(O)(O)ONN(c1ccccc1)c1ccccc1. The summed E-state index contributed by atoms with van der Waals surface area (Å²) >= 11 is 0. The third-order valence-corrected chi connectivity index (χ3v) is 2.60. The van der Waals surface area contributed by atoms with Crippen LogP contribution in [0.5, 0.6) is 0 Å². The van der Waals surface area contributed by atoms with E-state index in [9.17, 15) is 4.57 Å². The lowest BCUT2D eigenvalue weighted by molar-refractivity contribution is 0.125. The highest BCUT2D eigenvalue weighted by Crippen LogP contribution is 2.35. The first kappa shape index (κ1) is 13.7. The Morgan fingerprint density at radius 1 is 0.895 bits per heavy atom. The van der Waals surface area contributed by atoms with Gasteiger partial charge in [0.1, 0.15) is 0 Å². The van der Waals surface area contributed by atoms with Gasteiger partial charge in [-0.25, -0.2) is 4.57 Å². The van der Waals surface area contributed by atoms with Gasteiger partial charge < -0.3 is 9.79 Å². The Labute approximate surface area is 110 Å². The molecule has 0 saturated carbocycles. The average Bonchev–Trinajstić information content (AvgIpc) is 2.40. The third kappa shape index (κ3) is 4.17. The summed E-state index contributed by atoms with van der Waals surface area (Å²) in [6, 6.07) is 18.1. The first-order valence-electron chi connectivity index (χ1n) is 5.46. The van der Waals surface area contributed by atoms with Gasteiger partial charge in [0.2, 0.25) is 0 Å². The van der Waals surface area contributed by atoms with E-state index in [-0.39, 0.29) is 0 Å². The van der Waals surface area contributed by atoms with E-state index in [4.69, 9.17) is 9.79 Å². The Kier molecular flexibility index (Phi) is 4.31. The van der Waals surface area contributed by atoms with Crippen LogP contribution in [0.15, 0.2) is 60.7 Å². The molecule has 0 aromatic heterocycles.